The number of rotatable bonds is 5. The Kier molecular flexibility index (Phi) is 5.82. The Bertz CT molecular complexity index is 1160. The first-order valence-electron chi connectivity index (χ1n) is 11.7. The van der Waals surface area contributed by atoms with Gasteiger partial charge in [0.15, 0.2) is 0 Å². The summed E-state index contributed by atoms with van der Waals surface area (Å²) in [5.41, 5.74) is 4.13. The number of allylic oxidation sites excluding steroid dienone is 2. The van der Waals surface area contributed by atoms with Crippen LogP contribution in [-0.4, -0.2) is 16.5 Å². The van der Waals surface area contributed by atoms with Crippen LogP contribution in [0, 0.1) is 10.1 Å². The fraction of sp³-hybridized carbons (Fsp3) is 0.241. The molecule has 3 aromatic carbocycles. The molecule has 0 radical (unpaired) electrons. The van der Waals surface area contributed by atoms with Crippen molar-refractivity contribution >= 4 is 17.0 Å². The monoisotopic (exact) mass is 436 g/mol. The van der Waals surface area contributed by atoms with E-state index in [-0.39, 0.29) is 11.0 Å². The van der Waals surface area contributed by atoms with Crippen molar-refractivity contribution in [2.24, 2.45) is 0 Å². The smallest absolute Gasteiger partial charge is 0.246 e. The van der Waals surface area contributed by atoms with Gasteiger partial charge in [-0.05, 0) is 53.8 Å². The highest BCUT2D eigenvalue weighted by Crippen LogP contribution is 2.45. The number of hydrogen-bond acceptors (Lipinski definition) is 3. The SMILES string of the molecule is O=[N+]([O-])C1(C2C=C(c3ccccc3)C=C(c3ccccc3)N2c2ccccc2)CCCCC1. The van der Waals surface area contributed by atoms with Crippen molar-refractivity contribution < 1.29 is 4.92 Å². The van der Waals surface area contributed by atoms with E-state index in [1.807, 2.05) is 54.6 Å². The second kappa shape index (κ2) is 9.07. The molecule has 0 bridgehead atoms. The summed E-state index contributed by atoms with van der Waals surface area (Å²) in [6.45, 7) is 0. The number of nitrogens with zero attached hydrogens (tertiary/aromatic N) is 2. The zero-order valence-corrected chi connectivity index (χ0v) is 18.6. The van der Waals surface area contributed by atoms with Crippen LogP contribution in [0.25, 0.3) is 11.3 Å². The maximum absolute atomic E-state index is 12.8. The minimum Gasteiger partial charge on any atom is -0.327 e. The largest absolute Gasteiger partial charge is 0.327 e. The second-order valence-electron chi connectivity index (χ2n) is 8.96. The van der Waals surface area contributed by atoms with Crippen molar-refractivity contribution in [3.63, 3.8) is 0 Å². The van der Waals surface area contributed by atoms with E-state index in [0.29, 0.717) is 12.8 Å². The molecule has 166 valence electrons. The predicted molar refractivity (Wildman–Crippen MR) is 134 cm³/mol. The summed E-state index contributed by atoms with van der Waals surface area (Å²) in [5, 5.41) is 12.8. The number of benzene rings is 3. The lowest BCUT2D eigenvalue weighted by Gasteiger charge is -2.44. The Morgan fingerprint density at radius 2 is 1.30 bits per heavy atom. The molecule has 0 saturated heterocycles. The minimum atomic E-state index is -1.03. The van der Waals surface area contributed by atoms with Gasteiger partial charge in [0, 0.05) is 29.1 Å². The third-order valence-corrected chi connectivity index (χ3v) is 7.01. The summed E-state index contributed by atoms with van der Waals surface area (Å²) in [7, 11) is 0. The molecule has 0 amide bonds. The average Bonchev–Trinajstić information content (AvgIpc) is 2.90. The lowest BCUT2D eigenvalue weighted by molar-refractivity contribution is -0.576. The molecule has 0 aromatic heterocycles. The third kappa shape index (κ3) is 3.97. The van der Waals surface area contributed by atoms with Gasteiger partial charge in [-0.15, -0.1) is 0 Å². The van der Waals surface area contributed by atoms with Crippen LogP contribution >= 0.6 is 0 Å². The Morgan fingerprint density at radius 1 is 0.758 bits per heavy atom. The molecular formula is C29H28N2O2. The zero-order chi connectivity index (χ0) is 22.7. The van der Waals surface area contributed by atoms with Crippen LogP contribution in [0.4, 0.5) is 5.69 Å². The first-order chi connectivity index (χ1) is 16.2. The molecule has 1 aliphatic heterocycles. The Balaban J connectivity index is 1.75. The molecule has 1 fully saturated rings. The van der Waals surface area contributed by atoms with E-state index in [4.69, 9.17) is 0 Å². The average molecular weight is 437 g/mol. The summed E-state index contributed by atoms with van der Waals surface area (Å²) in [6.07, 6.45) is 8.35. The van der Waals surface area contributed by atoms with Gasteiger partial charge in [-0.2, -0.15) is 0 Å². The van der Waals surface area contributed by atoms with E-state index in [1.54, 1.807) is 0 Å². The Hall–Kier alpha value is -3.66. The lowest BCUT2D eigenvalue weighted by Crippen LogP contribution is -2.58. The van der Waals surface area contributed by atoms with Crippen molar-refractivity contribution in [1.82, 2.24) is 0 Å². The number of nitro groups is 1. The van der Waals surface area contributed by atoms with Gasteiger partial charge in [0.1, 0.15) is 6.04 Å². The van der Waals surface area contributed by atoms with E-state index < -0.39 is 5.54 Å². The quantitative estimate of drug-likeness (QED) is 0.320. The standard InChI is InChI=1S/C29H28N2O2/c32-31(33)29(19-11-4-12-20-29)28-22-25(23-13-5-1-6-14-23)21-27(24-15-7-2-8-16-24)30(28)26-17-9-3-10-18-26/h1-3,5-10,13-18,21-22,28H,4,11-12,19-20H2. The van der Waals surface area contributed by atoms with Gasteiger partial charge < -0.3 is 4.90 Å². The molecule has 1 saturated carbocycles. The van der Waals surface area contributed by atoms with Crippen LogP contribution in [-0.2, 0) is 0 Å². The summed E-state index contributed by atoms with van der Waals surface area (Å²) in [6, 6.07) is 30.2. The Morgan fingerprint density at radius 3 is 1.88 bits per heavy atom. The van der Waals surface area contributed by atoms with Crippen LogP contribution in [0.1, 0.15) is 43.2 Å². The first-order valence-corrected chi connectivity index (χ1v) is 11.7. The molecule has 4 nitrogen and oxygen atoms in total. The summed E-state index contributed by atoms with van der Waals surface area (Å²) >= 11 is 0. The molecule has 4 heteroatoms. The van der Waals surface area contributed by atoms with Gasteiger partial charge in [-0.25, -0.2) is 0 Å². The van der Waals surface area contributed by atoms with Crippen molar-refractivity contribution in [3.8, 4) is 0 Å². The number of hydrogen-bond donors (Lipinski definition) is 0. The van der Waals surface area contributed by atoms with E-state index in [9.17, 15) is 10.1 Å². The topological polar surface area (TPSA) is 46.4 Å². The molecule has 1 heterocycles. The molecule has 0 spiro atoms. The van der Waals surface area contributed by atoms with Crippen LogP contribution in [0.15, 0.2) is 103 Å². The second-order valence-corrected chi connectivity index (χ2v) is 8.96. The number of para-hydroxylation sites is 1. The molecule has 33 heavy (non-hydrogen) atoms. The molecule has 0 N–H and O–H groups in total. The molecule has 1 atom stereocenters. The van der Waals surface area contributed by atoms with E-state index in [2.05, 4.69) is 53.5 Å². The fourth-order valence-corrected chi connectivity index (χ4v) is 5.33. The maximum atomic E-state index is 12.8. The van der Waals surface area contributed by atoms with Gasteiger partial charge in [0.25, 0.3) is 0 Å². The zero-order valence-electron chi connectivity index (χ0n) is 18.6. The van der Waals surface area contributed by atoms with Crippen molar-refractivity contribution in [3.05, 3.63) is 124 Å². The van der Waals surface area contributed by atoms with Gasteiger partial charge >= 0.3 is 0 Å². The van der Waals surface area contributed by atoms with Crippen molar-refractivity contribution in [2.75, 3.05) is 4.90 Å². The van der Waals surface area contributed by atoms with E-state index in [1.165, 1.54) is 0 Å². The van der Waals surface area contributed by atoms with Crippen molar-refractivity contribution in [1.29, 1.82) is 0 Å². The lowest BCUT2D eigenvalue weighted by atomic mass is 9.73. The molecule has 3 aromatic rings. The summed E-state index contributed by atoms with van der Waals surface area (Å²) in [4.78, 5) is 15.0. The van der Waals surface area contributed by atoms with Gasteiger partial charge in [0.2, 0.25) is 5.54 Å². The van der Waals surface area contributed by atoms with Gasteiger partial charge in [0.05, 0.1) is 0 Å². The third-order valence-electron chi connectivity index (χ3n) is 7.01. The van der Waals surface area contributed by atoms with Crippen LogP contribution in [0.2, 0.25) is 0 Å². The van der Waals surface area contributed by atoms with Gasteiger partial charge in [-0.1, -0.05) is 85.3 Å². The normalized spacial score (nSPS) is 20.0. The molecule has 1 unspecified atom stereocenters. The van der Waals surface area contributed by atoms with Crippen LogP contribution < -0.4 is 4.90 Å². The van der Waals surface area contributed by atoms with Crippen LogP contribution in [0.5, 0.6) is 0 Å². The predicted octanol–water partition coefficient (Wildman–Crippen LogP) is 6.98. The highest BCUT2D eigenvalue weighted by molar-refractivity contribution is 5.93. The summed E-state index contributed by atoms with van der Waals surface area (Å²) < 4.78 is 0. The summed E-state index contributed by atoms with van der Waals surface area (Å²) in [5.74, 6) is 0. The fourth-order valence-electron chi connectivity index (χ4n) is 5.33. The highest BCUT2D eigenvalue weighted by atomic mass is 16.6. The minimum absolute atomic E-state index is 0.0137. The molecule has 5 rings (SSSR count). The Labute approximate surface area is 195 Å². The van der Waals surface area contributed by atoms with Crippen molar-refractivity contribution in [2.45, 2.75) is 43.7 Å². The number of anilines is 1. The molecule has 2 aliphatic rings. The van der Waals surface area contributed by atoms with E-state index >= 15 is 0 Å². The highest BCUT2D eigenvalue weighted by Gasteiger charge is 2.54. The maximum Gasteiger partial charge on any atom is 0.246 e. The van der Waals surface area contributed by atoms with Crippen LogP contribution in [0.3, 0.4) is 0 Å². The molecule has 1 aliphatic carbocycles. The van der Waals surface area contributed by atoms with E-state index in [0.717, 1.165) is 47.3 Å². The van der Waals surface area contributed by atoms with Gasteiger partial charge in [-0.3, -0.25) is 10.1 Å². The molecular weight excluding hydrogens is 408 g/mol. The first kappa shape index (κ1) is 21.2.